The Kier molecular flexibility index (Phi) is 8.37. The van der Waals surface area contributed by atoms with Crippen LogP contribution in [0.15, 0.2) is 85.2 Å². The smallest absolute Gasteiger partial charge is 0.321 e. The van der Waals surface area contributed by atoms with Crippen molar-refractivity contribution >= 4 is 39.2 Å². The molecule has 2 heterocycles. The van der Waals surface area contributed by atoms with E-state index in [0.29, 0.717) is 62.3 Å². The number of benzene rings is 4. The molecule has 4 aromatic carbocycles. The first-order chi connectivity index (χ1) is 21.1. The minimum atomic E-state index is -0.144. The molecule has 1 aliphatic heterocycles. The molecule has 0 unspecified atom stereocenters. The monoisotopic (exact) mass is 579 g/mol. The van der Waals surface area contributed by atoms with Gasteiger partial charge in [0.2, 0.25) is 0 Å². The lowest BCUT2D eigenvalue weighted by molar-refractivity contribution is 0.144. The molecule has 0 bridgehead atoms. The molecule has 0 saturated carbocycles. The lowest BCUT2D eigenvalue weighted by atomic mass is 10.1. The van der Waals surface area contributed by atoms with Gasteiger partial charge in [-0.25, -0.2) is 14.8 Å². The summed E-state index contributed by atoms with van der Waals surface area (Å²) in [5, 5.41) is 6.15. The number of fused-ring (bicyclic) bond motifs is 2. The summed E-state index contributed by atoms with van der Waals surface area (Å²) in [4.78, 5) is 26.0. The van der Waals surface area contributed by atoms with E-state index in [1.54, 1.807) is 20.5 Å². The standard InChI is InChI=1S/C33H33N5O5/c1-40-17-18-42-31-21-29-28(20-30(31)41-2)32(35-22-34-29)37-13-15-38(16-14-37)33(39)36-25-8-11-26(12-9-25)43-27-10-7-23-5-3-4-6-24(23)19-27/h3-12,19-22H,13-18H2,1-2H3,(H,36,39). The van der Waals surface area contributed by atoms with Crippen LogP contribution in [0.3, 0.4) is 0 Å². The second kappa shape index (κ2) is 12.8. The highest BCUT2D eigenvalue weighted by Gasteiger charge is 2.24. The van der Waals surface area contributed by atoms with Crippen LogP contribution in [0.25, 0.3) is 21.7 Å². The summed E-state index contributed by atoms with van der Waals surface area (Å²) in [6.45, 7) is 3.24. The zero-order chi connectivity index (χ0) is 29.6. The molecule has 0 aliphatic carbocycles. The fraction of sp³-hybridized carbons (Fsp3) is 0.242. The Hall–Kier alpha value is -5.09. The summed E-state index contributed by atoms with van der Waals surface area (Å²) in [6.07, 6.45) is 1.55. The van der Waals surface area contributed by atoms with Crippen LogP contribution >= 0.6 is 0 Å². The van der Waals surface area contributed by atoms with E-state index in [4.69, 9.17) is 18.9 Å². The Morgan fingerprint density at radius 3 is 2.35 bits per heavy atom. The number of carbonyl (C=O) groups is 1. The summed E-state index contributed by atoms with van der Waals surface area (Å²) < 4.78 is 22.5. The molecule has 10 heteroatoms. The first-order valence-corrected chi connectivity index (χ1v) is 14.1. The van der Waals surface area contributed by atoms with Gasteiger partial charge in [-0.2, -0.15) is 0 Å². The van der Waals surface area contributed by atoms with Gasteiger partial charge in [-0.15, -0.1) is 0 Å². The average Bonchev–Trinajstić information content (AvgIpc) is 3.05. The third-order valence-corrected chi connectivity index (χ3v) is 7.37. The fourth-order valence-corrected chi connectivity index (χ4v) is 5.11. The van der Waals surface area contributed by atoms with E-state index < -0.39 is 0 Å². The van der Waals surface area contributed by atoms with Gasteiger partial charge in [-0.1, -0.05) is 30.3 Å². The third kappa shape index (κ3) is 6.39. The molecule has 0 atom stereocenters. The third-order valence-electron chi connectivity index (χ3n) is 7.37. The quantitative estimate of drug-likeness (QED) is 0.214. The van der Waals surface area contributed by atoms with Crippen LogP contribution in [-0.4, -0.2) is 74.5 Å². The molecular weight excluding hydrogens is 546 g/mol. The Labute approximate surface area is 249 Å². The number of ether oxygens (including phenoxy) is 4. The summed E-state index contributed by atoms with van der Waals surface area (Å²) in [5.41, 5.74) is 1.46. The first kappa shape index (κ1) is 28.0. The molecule has 5 aromatic rings. The molecule has 1 aromatic heterocycles. The van der Waals surface area contributed by atoms with Crippen molar-refractivity contribution in [2.75, 3.05) is 63.8 Å². The van der Waals surface area contributed by atoms with Crippen LogP contribution in [0.2, 0.25) is 0 Å². The van der Waals surface area contributed by atoms with Crippen molar-refractivity contribution in [3.63, 3.8) is 0 Å². The van der Waals surface area contributed by atoms with Crippen LogP contribution < -0.4 is 24.4 Å². The summed E-state index contributed by atoms with van der Waals surface area (Å²) in [5.74, 6) is 3.47. The second-order valence-electron chi connectivity index (χ2n) is 10.1. The van der Waals surface area contributed by atoms with Gasteiger partial charge in [0.1, 0.15) is 30.3 Å². The highest BCUT2D eigenvalue weighted by atomic mass is 16.5. The SMILES string of the molecule is COCCOc1cc2ncnc(N3CCN(C(=O)Nc4ccc(Oc5ccc6ccccc6c5)cc4)CC3)c2cc1OC. The van der Waals surface area contributed by atoms with Gasteiger partial charge in [0.25, 0.3) is 0 Å². The Morgan fingerprint density at radius 1 is 0.814 bits per heavy atom. The molecule has 220 valence electrons. The normalized spacial score (nSPS) is 13.3. The van der Waals surface area contributed by atoms with Crippen LogP contribution in [0.4, 0.5) is 16.3 Å². The maximum absolute atomic E-state index is 13.1. The highest BCUT2D eigenvalue weighted by molar-refractivity contribution is 5.93. The molecule has 0 spiro atoms. The predicted octanol–water partition coefficient (Wildman–Crippen LogP) is 5.96. The molecule has 0 radical (unpaired) electrons. The molecular formula is C33H33N5O5. The number of piperazine rings is 1. The van der Waals surface area contributed by atoms with Gasteiger partial charge in [0.05, 0.1) is 19.2 Å². The van der Waals surface area contributed by atoms with Crippen molar-refractivity contribution in [3.8, 4) is 23.0 Å². The number of urea groups is 1. The van der Waals surface area contributed by atoms with Crippen molar-refractivity contribution < 1.29 is 23.7 Å². The number of rotatable bonds is 9. The zero-order valence-electron chi connectivity index (χ0n) is 24.2. The molecule has 1 aliphatic rings. The average molecular weight is 580 g/mol. The van der Waals surface area contributed by atoms with Crippen molar-refractivity contribution in [1.29, 1.82) is 0 Å². The Bertz CT molecular complexity index is 1720. The number of methoxy groups -OCH3 is 2. The number of amides is 2. The number of nitrogens with zero attached hydrogens (tertiary/aromatic N) is 4. The second-order valence-corrected chi connectivity index (χ2v) is 10.1. The largest absolute Gasteiger partial charge is 0.493 e. The van der Waals surface area contributed by atoms with Crippen LogP contribution in [0.1, 0.15) is 0 Å². The van der Waals surface area contributed by atoms with Gasteiger partial charge >= 0.3 is 6.03 Å². The minimum absolute atomic E-state index is 0.144. The molecule has 10 nitrogen and oxygen atoms in total. The van der Waals surface area contributed by atoms with E-state index in [1.165, 1.54) is 0 Å². The van der Waals surface area contributed by atoms with Crippen LogP contribution in [0, 0.1) is 0 Å². The topological polar surface area (TPSA) is 98.3 Å². The highest BCUT2D eigenvalue weighted by Crippen LogP contribution is 2.35. The number of nitrogens with one attached hydrogen (secondary N) is 1. The van der Waals surface area contributed by atoms with E-state index in [-0.39, 0.29) is 6.03 Å². The van der Waals surface area contributed by atoms with E-state index in [2.05, 4.69) is 32.3 Å². The number of anilines is 2. The van der Waals surface area contributed by atoms with Gasteiger partial charge in [0, 0.05) is 50.4 Å². The molecule has 43 heavy (non-hydrogen) atoms. The van der Waals surface area contributed by atoms with Crippen molar-refractivity contribution in [1.82, 2.24) is 14.9 Å². The fourth-order valence-electron chi connectivity index (χ4n) is 5.11. The lowest BCUT2D eigenvalue weighted by Crippen LogP contribution is -2.50. The van der Waals surface area contributed by atoms with E-state index >= 15 is 0 Å². The number of carbonyl (C=O) groups excluding carboxylic acids is 1. The van der Waals surface area contributed by atoms with Gasteiger partial charge in [-0.3, -0.25) is 0 Å². The van der Waals surface area contributed by atoms with Crippen molar-refractivity contribution in [3.05, 3.63) is 85.2 Å². The predicted molar refractivity (Wildman–Crippen MR) is 167 cm³/mol. The maximum Gasteiger partial charge on any atom is 0.321 e. The molecule has 1 fully saturated rings. The zero-order valence-corrected chi connectivity index (χ0v) is 24.2. The van der Waals surface area contributed by atoms with E-state index in [1.807, 2.05) is 71.6 Å². The Balaban J connectivity index is 1.06. The van der Waals surface area contributed by atoms with Crippen molar-refractivity contribution in [2.45, 2.75) is 0 Å². The van der Waals surface area contributed by atoms with Gasteiger partial charge < -0.3 is 34.1 Å². The first-order valence-electron chi connectivity index (χ1n) is 14.1. The molecule has 2 amide bonds. The van der Waals surface area contributed by atoms with E-state index in [0.717, 1.165) is 33.2 Å². The maximum atomic E-state index is 13.1. The minimum Gasteiger partial charge on any atom is -0.493 e. The van der Waals surface area contributed by atoms with Crippen LogP contribution in [-0.2, 0) is 4.74 Å². The van der Waals surface area contributed by atoms with Gasteiger partial charge in [-0.05, 0) is 53.2 Å². The van der Waals surface area contributed by atoms with Crippen molar-refractivity contribution in [2.24, 2.45) is 0 Å². The number of hydrogen-bond acceptors (Lipinski definition) is 8. The molecule has 1 N–H and O–H groups in total. The number of hydrogen-bond donors (Lipinski definition) is 1. The van der Waals surface area contributed by atoms with E-state index in [9.17, 15) is 4.79 Å². The molecule has 1 saturated heterocycles. The summed E-state index contributed by atoms with van der Waals surface area (Å²) >= 11 is 0. The molecule has 6 rings (SSSR count). The number of aromatic nitrogens is 2. The summed E-state index contributed by atoms with van der Waals surface area (Å²) in [7, 11) is 3.24. The van der Waals surface area contributed by atoms with Gasteiger partial charge in [0.15, 0.2) is 11.5 Å². The summed E-state index contributed by atoms with van der Waals surface area (Å²) in [6, 6.07) is 25.2. The van der Waals surface area contributed by atoms with Crippen LogP contribution in [0.5, 0.6) is 23.0 Å². The Morgan fingerprint density at radius 2 is 1.58 bits per heavy atom. The lowest BCUT2D eigenvalue weighted by Gasteiger charge is -2.35.